The standard InChI is InChI=1S/C18H31N/c1-6-18(7-2,8-3)19-14-17(15(4)5)16-12-10-9-11-13-16/h9-13,15,17,19H,6-8,14H2,1-5H3. The second-order valence-corrected chi connectivity index (χ2v) is 5.98. The van der Waals surface area contributed by atoms with Gasteiger partial charge in [0.2, 0.25) is 0 Å². The summed E-state index contributed by atoms with van der Waals surface area (Å²) < 4.78 is 0. The van der Waals surface area contributed by atoms with E-state index in [4.69, 9.17) is 0 Å². The Hall–Kier alpha value is -0.820. The lowest BCUT2D eigenvalue weighted by Gasteiger charge is -2.35. The number of hydrogen-bond acceptors (Lipinski definition) is 1. The summed E-state index contributed by atoms with van der Waals surface area (Å²) in [4.78, 5) is 0. The molecule has 0 saturated carbocycles. The van der Waals surface area contributed by atoms with E-state index in [0.29, 0.717) is 17.4 Å². The Labute approximate surface area is 119 Å². The molecule has 0 aliphatic heterocycles. The second kappa shape index (κ2) is 7.69. The molecule has 0 fully saturated rings. The molecule has 1 nitrogen and oxygen atoms in total. The van der Waals surface area contributed by atoms with Crippen molar-refractivity contribution in [2.45, 2.75) is 65.3 Å². The van der Waals surface area contributed by atoms with Gasteiger partial charge in [0.05, 0.1) is 0 Å². The van der Waals surface area contributed by atoms with Crippen LogP contribution in [0.5, 0.6) is 0 Å². The zero-order valence-electron chi connectivity index (χ0n) is 13.4. The van der Waals surface area contributed by atoms with Crippen LogP contribution >= 0.6 is 0 Å². The van der Waals surface area contributed by atoms with Crippen molar-refractivity contribution in [2.75, 3.05) is 6.54 Å². The molecule has 0 bridgehead atoms. The highest BCUT2D eigenvalue weighted by atomic mass is 15.0. The van der Waals surface area contributed by atoms with Crippen molar-refractivity contribution in [3.05, 3.63) is 35.9 Å². The number of rotatable bonds is 8. The van der Waals surface area contributed by atoms with Crippen LogP contribution in [0.1, 0.15) is 65.4 Å². The van der Waals surface area contributed by atoms with Crippen molar-refractivity contribution in [1.29, 1.82) is 0 Å². The molecule has 1 N–H and O–H groups in total. The first kappa shape index (κ1) is 16.2. The maximum atomic E-state index is 3.86. The maximum absolute atomic E-state index is 3.86. The SMILES string of the molecule is CCC(CC)(CC)NCC(c1ccccc1)C(C)C. The van der Waals surface area contributed by atoms with Crippen LogP contribution < -0.4 is 5.32 Å². The summed E-state index contributed by atoms with van der Waals surface area (Å²) in [6.45, 7) is 12.6. The summed E-state index contributed by atoms with van der Waals surface area (Å²) in [6, 6.07) is 10.9. The van der Waals surface area contributed by atoms with Crippen LogP contribution in [0.25, 0.3) is 0 Å². The molecule has 0 saturated heterocycles. The zero-order chi connectivity index (χ0) is 14.3. The molecule has 1 heteroatoms. The Morgan fingerprint density at radius 3 is 1.89 bits per heavy atom. The Morgan fingerprint density at radius 2 is 1.47 bits per heavy atom. The molecule has 1 unspecified atom stereocenters. The highest BCUT2D eigenvalue weighted by Crippen LogP contribution is 2.26. The van der Waals surface area contributed by atoms with Gasteiger partial charge in [-0.05, 0) is 36.7 Å². The van der Waals surface area contributed by atoms with Gasteiger partial charge in [-0.25, -0.2) is 0 Å². The fourth-order valence-electron chi connectivity index (χ4n) is 2.89. The Morgan fingerprint density at radius 1 is 0.947 bits per heavy atom. The molecule has 0 aliphatic rings. The molecule has 19 heavy (non-hydrogen) atoms. The van der Waals surface area contributed by atoms with Gasteiger partial charge in [0.15, 0.2) is 0 Å². The van der Waals surface area contributed by atoms with E-state index in [0.717, 1.165) is 6.54 Å². The summed E-state index contributed by atoms with van der Waals surface area (Å²) in [5, 5.41) is 3.86. The first-order valence-electron chi connectivity index (χ1n) is 7.88. The largest absolute Gasteiger partial charge is 0.311 e. The van der Waals surface area contributed by atoms with Crippen molar-refractivity contribution in [3.8, 4) is 0 Å². The minimum atomic E-state index is 0.321. The van der Waals surface area contributed by atoms with Gasteiger partial charge in [0.1, 0.15) is 0 Å². The molecule has 1 aromatic carbocycles. The monoisotopic (exact) mass is 261 g/mol. The zero-order valence-corrected chi connectivity index (χ0v) is 13.4. The highest BCUT2D eigenvalue weighted by molar-refractivity contribution is 5.20. The van der Waals surface area contributed by atoms with Gasteiger partial charge in [-0.15, -0.1) is 0 Å². The van der Waals surface area contributed by atoms with Crippen LogP contribution in [-0.4, -0.2) is 12.1 Å². The Balaban J connectivity index is 2.76. The predicted molar refractivity (Wildman–Crippen MR) is 85.6 cm³/mol. The molecule has 0 aromatic heterocycles. The minimum Gasteiger partial charge on any atom is -0.311 e. The first-order chi connectivity index (χ1) is 9.08. The van der Waals surface area contributed by atoms with E-state index < -0.39 is 0 Å². The van der Waals surface area contributed by atoms with Gasteiger partial charge in [-0.1, -0.05) is 65.0 Å². The topological polar surface area (TPSA) is 12.0 Å². The van der Waals surface area contributed by atoms with E-state index in [1.165, 1.54) is 24.8 Å². The molecule has 0 spiro atoms. The van der Waals surface area contributed by atoms with Gasteiger partial charge in [-0.2, -0.15) is 0 Å². The third-order valence-corrected chi connectivity index (χ3v) is 4.76. The van der Waals surface area contributed by atoms with Crippen molar-refractivity contribution in [3.63, 3.8) is 0 Å². The van der Waals surface area contributed by atoms with E-state index in [1.54, 1.807) is 0 Å². The van der Waals surface area contributed by atoms with Crippen LogP contribution in [0.3, 0.4) is 0 Å². The third kappa shape index (κ3) is 4.35. The molecule has 1 atom stereocenters. The van der Waals surface area contributed by atoms with E-state index in [9.17, 15) is 0 Å². The maximum Gasteiger partial charge on any atom is 0.0173 e. The molecule has 0 amide bonds. The van der Waals surface area contributed by atoms with Gasteiger partial charge in [-0.3, -0.25) is 0 Å². The van der Waals surface area contributed by atoms with Crippen LogP contribution in [0.15, 0.2) is 30.3 Å². The highest BCUT2D eigenvalue weighted by Gasteiger charge is 2.25. The molecule has 0 aliphatic carbocycles. The van der Waals surface area contributed by atoms with Crippen LogP contribution in [0.2, 0.25) is 0 Å². The molecule has 0 radical (unpaired) electrons. The normalized spacial score (nSPS) is 13.8. The van der Waals surface area contributed by atoms with Crippen molar-refractivity contribution < 1.29 is 0 Å². The Bertz CT molecular complexity index is 330. The lowest BCUT2D eigenvalue weighted by atomic mass is 9.85. The van der Waals surface area contributed by atoms with E-state index >= 15 is 0 Å². The molecule has 0 heterocycles. The summed E-state index contributed by atoms with van der Waals surface area (Å²) >= 11 is 0. The van der Waals surface area contributed by atoms with Crippen molar-refractivity contribution in [2.24, 2.45) is 5.92 Å². The summed E-state index contributed by atoms with van der Waals surface area (Å²) in [6.07, 6.45) is 3.62. The Kier molecular flexibility index (Phi) is 6.57. The van der Waals surface area contributed by atoms with Crippen molar-refractivity contribution >= 4 is 0 Å². The average molecular weight is 261 g/mol. The van der Waals surface area contributed by atoms with Crippen LogP contribution in [0.4, 0.5) is 0 Å². The number of benzene rings is 1. The lowest BCUT2D eigenvalue weighted by molar-refractivity contribution is 0.272. The quantitative estimate of drug-likeness (QED) is 0.695. The summed E-state index contributed by atoms with van der Waals surface area (Å²) in [5.74, 6) is 1.27. The minimum absolute atomic E-state index is 0.321. The molecule has 1 aromatic rings. The number of nitrogens with one attached hydrogen (secondary N) is 1. The van der Waals surface area contributed by atoms with E-state index in [1.807, 2.05) is 0 Å². The molecule has 1 rings (SSSR count). The van der Waals surface area contributed by atoms with Crippen molar-refractivity contribution in [1.82, 2.24) is 5.32 Å². The van der Waals surface area contributed by atoms with Crippen LogP contribution in [0, 0.1) is 5.92 Å². The summed E-state index contributed by atoms with van der Waals surface area (Å²) in [7, 11) is 0. The second-order valence-electron chi connectivity index (χ2n) is 5.98. The van der Waals surface area contributed by atoms with Gasteiger partial charge in [0, 0.05) is 12.1 Å². The molecular weight excluding hydrogens is 230 g/mol. The fraction of sp³-hybridized carbons (Fsp3) is 0.667. The van der Waals surface area contributed by atoms with Gasteiger partial charge >= 0.3 is 0 Å². The third-order valence-electron chi connectivity index (χ3n) is 4.76. The number of hydrogen-bond donors (Lipinski definition) is 1. The van der Waals surface area contributed by atoms with E-state index in [-0.39, 0.29) is 0 Å². The lowest BCUT2D eigenvalue weighted by Crippen LogP contribution is -2.46. The van der Waals surface area contributed by atoms with Gasteiger partial charge < -0.3 is 5.32 Å². The van der Waals surface area contributed by atoms with Gasteiger partial charge in [0.25, 0.3) is 0 Å². The van der Waals surface area contributed by atoms with Crippen LogP contribution in [-0.2, 0) is 0 Å². The predicted octanol–water partition coefficient (Wildman–Crippen LogP) is 4.98. The fourth-order valence-corrected chi connectivity index (χ4v) is 2.89. The first-order valence-corrected chi connectivity index (χ1v) is 7.88. The summed E-state index contributed by atoms with van der Waals surface area (Å²) in [5.41, 5.74) is 1.78. The average Bonchev–Trinajstić information content (AvgIpc) is 2.45. The molecular formula is C18H31N. The molecule has 108 valence electrons. The smallest absolute Gasteiger partial charge is 0.0173 e. The van der Waals surface area contributed by atoms with E-state index in [2.05, 4.69) is 70.3 Å².